The van der Waals surface area contributed by atoms with Gasteiger partial charge in [-0.1, -0.05) is 29.8 Å². The van der Waals surface area contributed by atoms with Crippen LogP contribution in [-0.2, 0) is 24.8 Å². The molecule has 1 aromatic heterocycles. The normalized spacial score (nSPS) is 21.1. The zero-order valence-corrected chi connectivity index (χ0v) is 16.1. The second kappa shape index (κ2) is 6.91. The third-order valence-corrected chi connectivity index (χ3v) is 5.47. The van der Waals surface area contributed by atoms with Gasteiger partial charge in [-0.2, -0.15) is 13.2 Å². The molecule has 4 rings (SSSR count). The van der Waals surface area contributed by atoms with Crippen LogP contribution in [0, 0.1) is 0 Å². The molecule has 1 aromatic carbocycles. The summed E-state index contributed by atoms with van der Waals surface area (Å²) in [5.41, 5.74) is -1.73. The number of nitrogens with zero attached hydrogens (tertiary/aromatic N) is 4. The van der Waals surface area contributed by atoms with Gasteiger partial charge in [-0.05, 0) is 31.3 Å². The smallest absolute Gasteiger partial charge is 0.376 e. The third kappa shape index (κ3) is 3.39. The Bertz CT molecular complexity index is 1030. The van der Waals surface area contributed by atoms with Crippen molar-refractivity contribution in [1.29, 1.82) is 0 Å². The minimum absolute atomic E-state index is 0.133. The van der Waals surface area contributed by atoms with Crippen LogP contribution in [-0.4, -0.2) is 32.1 Å². The van der Waals surface area contributed by atoms with Gasteiger partial charge in [-0.15, -0.1) is 10.2 Å². The number of alkyl halides is 3. The van der Waals surface area contributed by atoms with E-state index in [1.807, 2.05) is 35.9 Å². The van der Waals surface area contributed by atoms with E-state index in [4.69, 9.17) is 11.6 Å². The number of carbonyl (C=O) groups excluding carboxylic acids is 1. The molecule has 2 aliphatic rings. The van der Waals surface area contributed by atoms with Crippen molar-refractivity contribution in [3.8, 4) is 0 Å². The van der Waals surface area contributed by atoms with Crippen LogP contribution in [0.5, 0.6) is 0 Å². The first-order valence-corrected chi connectivity index (χ1v) is 9.28. The molecule has 0 saturated heterocycles. The van der Waals surface area contributed by atoms with Crippen molar-refractivity contribution < 1.29 is 18.0 Å². The number of fused-ring (bicyclic) bond motifs is 1. The van der Waals surface area contributed by atoms with Crippen molar-refractivity contribution in [2.24, 2.45) is 0 Å². The Balaban J connectivity index is 1.60. The van der Waals surface area contributed by atoms with Crippen LogP contribution in [0.3, 0.4) is 0 Å². The van der Waals surface area contributed by atoms with E-state index in [2.05, 4.69) is 15.5 Å². The van der Waals surface area contributed by atoms with E-state index in [1.54, 1.807) is 0 Å². The van der Waals surface area contributed by atoms with E-state index >= 15 is 0 Å². The molecule has 1 unspecified atom stereocenters. The number of carbonyl (C=O) groups is 1. The number of amides is 1. The summed E-state index contributed by atoms with van der Waals surface area (Å²) in [6, 6.07) is 3.34. The fraction of sp³-hybridized carbons (Fsp3) is 0.316. The van der Waals surface area contributed by atoms with Crippen molar-refractivity contribution in [3.05, 3.63) is 70.4 Å². The Morgan fingerprint density at radius 3 is 2.72 bits per heavy atom. The summed E-state index contributed by atoms with van der Waals surface area (Å²) in [7, 11) is 0. The second-order valence-electron chi connectivity index (χ2n) is 7.05. The quantitative estimate of drug-likeness (QED) is 0.803. The van der Waals surface area contributed by atoms with Crippen LogP contribution in [0.15, 0.2) is 42.6 Å². The van der Waals surface area contributed by atoms with Crippen molar-refractivity contribution in [1.82, 2.24) is 25.0 Å². The Morgan fingerprint density at radius 1 is 1.24 bits per heavy atom. The van der Waals surface area contributed by atoms with E-state index in [-0.39, 0.29) is 12.1 Å². The van der Waals surface area contributed by atoms with Crippen LogP contribution in [0.1, 0.15) is 34.5 Å². The fourth-order valence-electron chi connectivity index (χ4n) is 3.51. The molecule has 0 saturated carbocycles. The Morgan fingerprint density at radius 2 is 2.03 bits per heavy atom. The van der Waals surface area contributed by atoms with Crippen LogP contribution >= 0.6 is 11.6 Å². The van der Waals surface area contributed by atoms with Gasteiger partial charge in [0.15, 0.2) is 11.6 Å². The lowest BCUT2D eigenvalue weighted by Crippen LogP contribution is -2.42. The number of hydrogen-bond donors (Lipinski definition) is 1. The number of dihydropyridines is 1. The first kappa shape index (κ1) is 19.5. The molecule has 1 amide bonds. The monoisotopic (exact) mass is 423 g/mol. The first-order valence-electron chi connectivity index (χ1n) is 8.90. The van der Waals surface area contributed by atoms with Crippen LogP contribution in [0.25, 0.3) is 0 Å². The highest BCUT2D eigenvalue weighted by Gasteiger charge is 2.37. The van der Waals surface area contributed by atoms with Crippen molar-refractivity contribution in [2.45, 2.75) is 31.7 Å². The van der Waals surface area contributed by atoms with Gasteiger partial charge in [-0.25, -0.2) is 0 Å². The standard InChI is InChI=1S/C19H17ClF3N5O/c1-18(7-2-3-8-24-18)17-26-25-14-11-27(9-10-28(14)17)16(29)12-5-4-6-13(15(12)20)19(21,22)23/h2-8,24H,9-11H2,1H3. The molecule has 0 spiro atoms. The molecule has 152 valence electrons. The van der Waals surface area contributed by atoms with Crippen LogP contribution in [0.4, 0.5) is 13.2 Å². The number of nitrogens with one attached hydrogen (secondary N) is 1. The van der Waals surface area contributed by atoms with E-state index in [0.717, 1.165) is 6.07 Å². The molecule has 10 heteroatoms. The zero-order valence-electron chi connectivity index (χ0n) is 15.4. The number of halogens is 4. The molecule has 2 aliphatic heterocycles. The average Bonchev–Trinajstić information content (AvgIpc) is 3.11. The SMILES string of the molecule is CC1(c2nnc3n2CCN(C(=O)c2cccc(C(F)(F)F)c2Cl)C3)C=CC=CN1. The van der Waals surface area contributed by atoms with Gasteiger partial charge in [0.1, 0.15) is 5.54 Å². The minimum atomic E-state index is -4.63. The highest BCUT2D eigenvalue weighted by molar-refractivity contribution is 6.34. The summed E-state index contributed by atoms with van der Waals surface area (Å²) < 4.78 is 41.2. The molecule has 0 bridgehead atoms. The largest absolute Gasteiger partial charge is 0.417 e. The maximum atomic E-state index is 13.1. The number of allylic oxidation sites excluding steroid dienone is 2. The summed E-state index contributed by atoms with van der Waals surface area (Å²) in [5.74, 6) is 0.702. The zero-order chi connectivity index (χ0) is 20.8. The van der Waals surface area contributed by atoms with E-state index in [1.165, 1.54) is 17.0 Å². The highest BCUT2D eigenvalue weighted by atomic mass is 35.5. The second-order valence-corrected chi connectivity index (χ2v) is 7.43. The molecule has 0 radical (unpaired) electrons. The van der Waals surface area contributed by atoms with Crippen molar-refractivity contribution in [3.63, 3.8) is 0 Å². The molecule has 2 aromatic rings. The van der Waals surface area contributed by atoms with E-state index in [0.29, 0.717) is 24.7 Å². The van der Waals surface area contributed by atoms with E-state index < -0.39 is 28.2 Å². The Hall–Kier alpha value is -2.81. The van der Waals surface area contributed by atoms with Crippen molar-refractivity contribution >= 4 is 17.5 Å². The topological polar surface area (TPSA) is 63.1 Å². The number of aromatic nitrogens is 3. The summed E-state index contributed by atoms with van der Waals surface area (Å²) >= 11 is 5.91. The number of rotatable bonds is 2. The molecular formula is C19H17ClF3N5O. The van der Waals surface area contributed by atoms with Gasteiger partial charge in [0.25, 0.3) is 5.91 Å². The minimum Gasteiger partial charge on any atom is -0.376 e. The van der Waals surface area contributed by atoms with Gasteiger partial charge in [0.05, 0.1) is 22.7 Å². The summed E-state index contributed by atoms with van der Waals surface area (Å²) in [6.45, 7) is 2.83. The van der Waals surface area contributed by atoms with Gasteiger partial charge in [-0.3, -0.25) is 4.79 Å². The van der Waals surface area contributed by atoms with Gasteiger partial charge < -0.3 is 14.8 Å². The Kier molecular flexibility index (Phi) is 4.65. The first-order chi connectivity index (χ1) is 13.7. The summed E-state index contributed by atoms with van der Waals surface area (Å²) in [5, 5.41) is 11.1. The number of hydrogen-bond acceptors (Lipinski definition) is 4. The average molecular weight is 424 g/mol. The highest BCUT2D eigenvalue weighted by Crippen LogP contribution is 2.37. The summed E-state index contributed by atoms with van der Waals surface area (Å²) in [4.78, 5) is 14.3. The Labute approximate surface area is 169 Å². The lowest BCUT2D eigenvalue weighted by molar-refractivity contribution is -0.137. The molecule has 1 atom stereocenters. The molecule has 0 aliphatic carbocycles. The molecule has 0 fully saturated rings. The predicted octanol–water partition coefficient (Wildman–Crippen LogP) is 3.49. The molecule has 6 nitrogen and oxygen atoms in total. The summed E-state index contributed by atoms with van der Waals surface area (Å²) in [6.07, 6.45) is 2.93. The predicted molar refractivity (Wildman–Crippen MR) is 100.0 cm³/mol. The fourth-order valence-corrected chi connectivity index (χ4v) is 3.83. The lowest BCUT2D eigenvalue weighted by atomic mass is 9.98. The van der Waals surface area contributed by atoms with Gasteiger partial charge in [0, 0.05) is 13.1 Å². The molecular weight excluding hydrogens is 407 g/mol. The maximum Gasteiger partial charge on any atom is 0.417 e. The molecule has 29 heavy (non-hydrogen) atoms. The lowest BCUT2D eigenvalue weighted by Gasteiger charge is -2.32. The number of benzene rings is 1. The van der Waals surface area contributed by atoms with Crippen molar-refractivity contribution in [2.75, 3.05) is 6.54 Å². The molecule has 1 N–H and O–H groups in total. The van der Waals surface area contributed by atoms with Gasteiger partial charge in [0.2, 0.25) is 0 Å². The maximum absolute atomic E-state index is 13.1. The van der Waals surface area contributed by atoms with Gasteiger partial charge >= 0.3 is 6.18 Å². The van der Waals surface area contributed by atoms with Crippen LogP contribution < -0.4 is 5.32 Å². The third-order valence-electron chi connectivity index (χ3n) is 5.06. The van der Waals surface area contributed by atoms with Crippen LogP contribution in [0.2, 0.25) is 5.02 Å². The van der Waals surface area contributed by atoms with E-state index in [9.17, 15) is 18.0 Å². The molecule has 3 heterocycles.